The molecule has 8 nitrogen and oxygen atoms in total. The Bertz CT molecular complexity index is 750. The van der Waals surface area contributed by atoms with Crippen LogP contribution in [0, 0.1) is 0 Å². The van der Waals surface area contributed by atoms with Gasteiger partial charge in [0.15, 0.2) is 24.8 Å². The highest BCUT2D eigenvalue weighted by Gasteiger charge is 2.53. The quantitative estimate of drug-likeness (QED) is 0.461. The van der Waals surface area contributed by atoms with E-state index in [1.54, 1.807) is 0 Å². The van der Waals surface area contributed by atoms with Crippen LogP contribution in [0.5, 0.6) is 0 Å². The Balaban J connectivity index is 1.81. The number of fused-ring (bicyclic) bond motifs is 1. The van der Waals surface area contributed by atoms with Crippen LogP contribution in [0.25, 0.3) is 0 Å². The fraction of sp³-hybridized carbons (Fsp3) is 0.636. The number of ether oxygens (including phenoxy) is 6. The van der Waals surface area contributed by atoms with Gasteiger partial charge in [-0.05, 0) is 6.04 Å². The van der Waals surface area contributed by atoms with Gasteiger partial charge < -0.3 is 28.4 Å². The van der Waals surface area contributed by atoms with Crippen LogP contribution in [0.4, 0.5) is 0 Å². The van der Waals surface area contributed by atoms with Crippen molar-refractivity contribution >= 4 is 20.0 Å². The summed E-state index contributed by atoms with van der Waals surface area (Å²) in [4.78, 5) is 23.7. The molecular formula is C22H32O8Si. The number of hydrogen-bond donors (Lipinski definition) is 0. The van der Waals surface area contributed by atoms with Crippen LogP contribution in [-0.4, -0.2) is 63.9 Å². The summed E-state index contributed by atoms with van der Waals surface area (Å²) in [6.45, 7) is 10.0. The molecule has 172 valence electrons. The highest BCUT2D eigenvalue weighted by molar-refractivity contribution is 6.76. The van der Waals surface area contributed by atoms with E-state index in [2.05, 4.69) is 19.6 Å². The zero-order valence-corrected chi connectivity index (χ0v) is 19.7. The highest BCUT2D eigenvalue weighted by atomic mass is 28.3. The van der Waals surface area contributed by atoms with Crippen LogP contribution >= 0.6 is 0 Å². The van der Waals surface area contributed by atoms with Gasteiger partial charge in [-0.3, -0.25) is 9.59 Å². The van der Waals surface area contributed by atoms with Crippen molar-refractivity contribution in [3.63, 3.8) is 0 Å². The molecule has 2 heterocycles. The molecule has 2 aliphatic heterocycles. The third-order valence-electron chi connectivity index (χ3n) is 5.09. The number of carbonyl (C=O) groups is 2. The summed E-state index contributed by atoms with van der Waals surface area (Å²) in [6, 6.07) is 10.4. The molecule has 0 bridgehead atoms. The first-order valence-corrected chi connectivity index (χ1v) is 14.3. The molecule has 0 aromatic heterocycles. The van der Waals surface area contributed by atoms with Gasteiger partial charge in [-0.15, -0.1) is 0 Å². The zero-order valence-electron chi connectivity index (χ0n) is 18.7. The lowest BCUT2D eigenvalue weighted by Gasteiger charge is -2.48. The van der Waals surface area contributed by atoms with E-state index in [-0.39, 0.29) is 6.61 Å². The van der Waals surface area contributed by atoms with Crippen LogP contribution in [0.1, 0.15) is 25.7 Å². The Hall–Kier alpha value is -1.78. The highest BCUT2D eigenvalue weighted by Crippen LogP contribution is 2.36. The van der Waals surface area contributed by atoms with Crippen molar-refractivity contribution in [3.05, 3.63) is 35.9 Å². The molecule has 0 aliphatic carbocycles. The summed E-state index contributed by atoms with van der Waals surface area (Å²) in [5.74, 6) is -1.02. The molecule has 1 aromatic carbocycles. The van der Waals surface area contributed by atoms with Crippen molar-refractivity contribution < 1.29 is 38.0 Å². The minimum absolute atomic E-state index is 0.225. The maximum atomic E-state index is 11.9. The van der Waals surface area contributed by atoms with Gasteiger partial charge in [-0.25, -0.2) is 0 Å². The Kier molecular flexibility index (Phi) is 7.87. The third-order valence-corrected chi connectivity index (χ3v) is 6.80. The standard InChI is InChI=1S/C22H32O8Si/c1-14(23)27-19-18-17(13-26-21(30-18)16-9-7-6-8-10-16)29-22(20(19)28-15(2)24)25-11-12-31(3,4)5/h6-10,17-22H,11-13H2,1-5H3/t17-,18+,19+,20-,21+,22-/m1/s1. The van der Waals surface area contributed by atoms with E-state index in [1.807, 2.05) is 30.3 Å². The van der Waals surface area contributed by atoms with Gasteiger partial charge in [0.25, 0.3) is 0 Å². The van der Waals surface area contributed by atoms with E-state index >= 15 is 0 Å². The molecule has 0 radical (unpaired) electrons. The summed E-state index contributed by atoms with van der Waals surface area (Å²) in [6.07, 6.45) is -4.57. The van der Waals surface area contributed by atoms with Gasteiger partial charge in [0.05, 0.1) is 6.61 Å². The fourth-order valence-electron chi connectivity index (χ4n) is 3.58. The van der Waals surface area contributed by atoms with Crippen LogP contribution in [0.3, 0.4) is 0 Å². The predicted molar refractivity (Wildman–Crippen MR) is 114 cm³/mol. The van der Waals surface area contributed by atoms with Crippen molar-refractivity contribution in [1.82, 2.24) is 0 Å². The molecule has 0 saturated carbocycles. The Morgan fingerprint density at radius 1 is 1.00 bits per heavy atom. The van der Waals surface area contributed by atoms with Crippen LogP contribution in [0.15, 0.2) is 30.3 Å². The SMILES string of the molecule is CC(=O)O[C@H]1[C@H]2O[C@@H](c3ccccc3)OC[C@H]2O[C@@H](OCC[Si](C)(C)C)[C@@H]1OC(C)=O. The van der Waals surface area contributed by atoms with Crippen LogP contribution in [0.2, 0.25) is 25.7 Å². The van der Waals surface area contributed by atoms with Gasteiger partial charge in [0.2, 0.25) is 0 Å². The zero-order chi connectivity index (χ0) is 22.6. The number of hydrogen-bond acceptors (Lipinski definition) is 8. The number of carbonyl (C=O) groups excluding carboxylic acids is 2. The second-order valence-electron chi connectivity index (χ2n) is 9.05. The van der Waals surface area contributed by atoms with Crippen molar-refractivity contribution in [2.75, 3.05) is 13.2 Å². The Morgan fingerprint density at radius 3 is 2.26 bits per heavy atom. The first-order chi connectivity index (χ1) is 14.6. The van der Waals surface area contributed by atoms with Crippen molar-refractivity contribution in [1.29, 1.82) is 0 Å². The van der Waals surface area contributed by atoms with E-state index in [0.717, 1.165) is 11.6 Å². The average Bonchev–Trinajstić information content (AvgIpc) is 2.69. The van der Waals surface area contributed by atoms with Crippen LogP contribution < -0.4 is 0 Å². The predicted octanol–water partition coefficient (Wildman–Crippen LogP) is 3.04. The number of rotatable bonds is 7. The second-order valence-corrected chi connectivity index (χ2v) is 14.7. The fourth-order valence-corrected chi connectivity index (χ4v) is 4.31. The topological polar surface area (TPSA) is 89.5 Å². The molecular weight excluding hydrogens is 420 g/mol. The molecule has 6 atom stereocenters. The molecule has 2 fully saturated rings. The number of esters is 2. The smallest absolute Gasteiger partial charge is 0.303 e. The maximum Gasteiger partial charge on any atom is 0.303 e. The average molecular weight is 453 g/mol. The molecule has 0 spiro atoms. The van der Waals surface area contributed by atoms with Gasteiger partial charge >= 0.3 is 11.9 Å². The van der Waals surface area contributed by atoms with E-state index in [4.69, 9.17) is 28.4 Å². The molecule has 0 unspecified atom stereocenters. The molecule has 0 amide bonds. The minimum atomic E-state index is -1.34. The summed E-state index contributed by atoms with van der Waals surface area (Å²) < 4.78 is 35.2. The first-order valence-electron chi connectivity index (χ1n) is 10.6. The molecule has 2 saturated heterocycles. The summed E-state index contributed by atoms with van der Waals surface area (Å²) in [7, 11) is -1.34. The molecule has 31 heavy (non-hydrogen) atoms. The molecule has 1 aromatic rings. The lowest BCUT2D eigenvalue weighted by Crippen LogP contribution is -2.64. The van der Waals surface area contributed by atoms with E-state index in [0.29, 0.717) is 6.61 Å². The minimum Gasteiger partial charge on any atom is -0.455 e. The first kappa shape index (κ1) is 23.9. The summed E-state index contributed by atoms with van der Waals surface area (Å²) in [5, 5.41) is 0. The van der Waals surface area contributed by atoms with E-state index < -0.39 is 57.0 Å². The lowest BCUT2D eigenvalue weighted by molar-refractivity contribution is -0.361. The van der Waals surface area contributed by atoms with Crippen LogP contribution in [-0.2, 0) is 38.0 Å². The third kappa shape index (κ3) is 6.60. The normalized spacial score (nSPS) is 30.9. The van der Waals surface area contributed by atoms with Crippen molar-refractivity contribution in [2.24, 2.45) is 0 Å². The molecule has 3 rings (SSSR count). The van der Waals surface area contributed by atoms with Gasteiger partial charge in [0, 0.05) is 34.1 Å². The number of benzene rings is 1. The lowest BCUT2D eigenvalue weighted by atomic mass is 9.97. The van der Waals surface area contributed by atoms with Crippen molar-refractivity contribution in [2.45, 2.75) is 76.5 Å². The largest absolute Gasteiger partial charge is 0.455 e. The summed E-state index contributed by atoms with van der Waals surface area (Å²) >= 11 is 0. The van der Waals surface area contributed by atoms with Crippen molar-refractivity contribution in [3.8, 4) is 0 Å². The monoisotopic (exact) mass is 452 g/mol. The molecule has 2 aliphatic rings. The van der Waals surface area contributed by atoms with E-state index in [1.165, 1.54) is 13.8 Å². The van der Waals surface area contributed by atoms with E-state index in [9.17, 15) is 9.59 Å². The Morgan fingerprint density at radius 2 is 1.65 bits per heavy atom. The molecule has 0 N–H and O–H groups in total. The molecule has 9 heteroatoms. The summed E-state index contributed by atoms with van der Waals surface area (Å²) in [5.41, 5.74) is 0.833. The van der Waals surface area contributed by atoms with Gasteiger partial charge in [0.1, 0.15) is 12.2 Å². The maximum absolute atomic E-state index is 11.9. The second kappa shape index (κ2) is 10.2. The Labute approximate surface area is 184 Å². The van der Waals surface area contributed by atoms with Gasteiger partial charge in [-0.1, -0.05) is 50.0 Å². The van der Waals surface area contributed by atoms with Gasteiger partial charge in [-0.2, -0.15) is 0 Å².